The first-order valence-electron chi connectivity index (χ1n) is 14.3. The number of hydrogen-bond acceptors (Lipinski definition) is 6. The number of benzene rings is 1. The van der Waals surface area contributed by atoms with Gasteiger partial charge in [-0.1, -0.05) is 13.3 Å². The highest BCUT2D eigenvalue weighted by atomic mass is 19.1. The van der Waals surface area contributed by atoms with E-state index in [1.54, 1.807) is 0 Å². The Bertz CT molecular complexity index is 1100. The van der Waals surface area contributed by atoms with E-state index >= 15 is 0 Å². The zero-order chi connectivity index (χ0) is 27.7. The third-order valence-corrected chi connectivity index (χ3v) is 9.75. The summed E-state index contributed by atoms with van der Waals surface area (Å²) in [6, 6.07) is 2.29. The van der Waals surface area contributed by atoms with Gasteiger partial charge in [-0.2, -0.15) is 0 Å². The smallest absolute Gasteiger partial charge is 0.255 e. The Labute approximate surface area is 229 Å². The molecule has 1 aromatic carbocycles. The average Bonchev–Trinajstić information content (AvgIpc) is 3.53. The number of amides is 3. The van der Waals surface area contributed by atoms with Gasteiger partial charge in [-0.05, 0) is 81.1 Å². The molecule has 0 aromatic heterocycles. The predicted octanol–water partition coefficient (Wildman–Crippen LogP) is 3.21. The van der Waals surface area contributed by atoms with Crippen molar-refractivity contribution in [1.82, 2.24) is 16.1 Å². The second-order valence-corrected chi connectivity index (χ2v) is 12.3. The number of ether oxygens (including phenoxy) is 2. The number of rotatable bonds is 9. The van der Waals surface area contributed by atoms with Gasteiger partial charge in [0.05, 0.1) is 24.7 Å². The van der Waals surface area contributed by atoms with E-state index in [0.29, 0.717) is 32.2 Å². The van der Waals surface area contributed by atoms with E-state index in [2.05, 4.69) is 23.0 Å². The molecule has 0 spiro atoms. The summed E-state index contributed by atoms with van der Waals surface area (Å²) in [5.74, 6) is 4.20. The summed E-state index contributed by atoms with van der Waals surface area (Å²) in [5, 5.41) is 6.30. The Hall–Kier alpha value is -2.88. The quantitative estimate of drug-likeness (QED) is 0.215. The van der Waals surface area contributed by atoms with Gasteiger partial charge in [0, 0.05) is 24.6 Å². The van der Waals surface area contributed by atoms with Crippen LogP contribution in [0.1, 0.15) is 81.5 Å². The average molecular weight is 545 g/mol. The Balaban J connectivity index is 1.27. The molecule has 0 heterocycles. The van der Waals surface area contributed by atoms with Crippen LogP contribution in [0.15, 0.2) is 12.1 Å². The molecule has 5 N–H and O–H groups in total. The van der Waals surface area contributed by atoms with Crippen molar-refractivity contribution in [3.63, 3.8) is 0 Å². The number of halogens is 1. The lowest BCUT2D eigenvalue weighted by Crippen LogP contribution is -2.51. The van der Waals surface area contributed by atoms with Gasteiger partial charge in [0.15, 0.2) is 11.6 Å². The van der Waals surface area contributed by atoms with E-state index in [-0.39, 0.29) is 70.1 Å². The van der Waals surface area contributed by atoms with Gasteiger partial charge in [-0.3, -0.25) is 19.8 Å². The largest absolute Gasteiger partial charge is 0.496 e. The molecule has 0 saturated heterocycles. The lowest BCUT2D eigenvalue weighted by molar-refractivity contribution is -0.128. The number of methoxy groups -OCH3 is 1. The fourth-order valence-corrected chi connectivity index (χ4v) is 7.19. The van der Waals surface area contributed by atoms with Gasteiger partial charge in [0.2, 0.25) is 11.8 Å². The van der Waals surface area contributed by atoms with Crippen molar-refractivity contribution >= 4 is 17.7 Å². The number of carbonyl (C=O) groups is 3. The molecule has 4 aliphatic carbocycles. The molecule has 4 fully saturated rings. The van der Waals surface area contributed by atoms with Gasteiger partial charge >= 0.3 is 0 Å². The molecule has 2 bridgehead atoms. The first-order valence-corrected chi connectivity index (χ1v) is 14.3. The maximum absolute atomic E-state index is 14.9. The number of hydrazine groups is 1. The fourth-order valence-electron chi connectivity index (χ4n) is 7.19. The molecule has 3 amide bonds. The normalized spacial score (nSPS) is 30.7. The molecule has 0 radical (unpaired) electrons. The molecule has 4 saturated carbocycles. The van der Waals surface area contributed by atoms with Crippen LogP contribution in [0.3, 0.4) is 0 Å². The van der Waals surface area contributed by atoms with Gasteiger partial charge in [0.1, 0.15) is 5.75 Å². The third-order valence-electron chi connectivity index (χ3n) is 9.75. The van der Waals surface area contributed by atoms with Crippen LogP contribution in [-0.4, -0.2) is 43.5 Å². The van der Waals surface area contributed by atoms with Crippen LogP contribution in [0.25, 0.3) is 0 Å². The van der Waals surface area contributed by atoms with Crippen molar-refractivity contribution in [1.29, 1.82) is 0 Å². The minimum atomic E-state index is -0.619. The SMILES string of the molecule is COc1cc(F)c(OC2CCC(C(=O)NN)CC2)cc1C(=O)NC1C2CCC(C2)C1C(=O)NCC1(C)CCC1. The summed E-state index contributed by atoms with van der Waals surface area (Å²) in [4.78, 5) is 38.6. The minimum absolute atomic E-state index is 0.0228. The van der Waals surface area contributed by atoms with E-state index in [1.165, 1.54) is 25.7 Å². The molecule has 4 atom stereocenters. The highest BCUT2D eigenvalue weighted by Crippen LogP contribution is 2.49. The summed E-state index contributed by atoms with van der Waals surface area (Å²) < 4.78 is 26.2. The summed E-state index contributed by atoms with van der Waals surface area (Å²) in [6.07, 6.45) is 8.43. The molecule has 9 nitrogen and oxygen atoms in total. The van der Waals surface area contributed by atoms with Crippen molar-refractivity contribution in [2.24, 2.45) is 34.9 Å². The topological polar surface area (TPSA) is 132 Å². The predicted molar refractivity (Wildman–Crippen MR) is 142 cm³/mol. The number of fused-ring (bicyclic) bond motifs is 2. The van der Waals surface area contributed by atoms with E-state index in [0.717, 1.165) is 32.1 Å². The molecule has 0 aliphatic heterocycles. The Morgan fingerprint density at radius 1 is 1.03 bits per heavy atom. The first kappa shape index (κ1) is 27.7. The Morgan fingerprint density at radius 2 is 1.74 bits per heavy atom. The first-order chi connectivity index (χ1) is 18.7. The second-order valence-electron chi connectivity index (χ2n) is 12.3. The summed E-state index contributed by atoms with van der Waals surface area (Å²) in [5.41, 5.74) is 2.54. The van der Waals surface area contributed by atoms with Crippen molar-refractivity contribution < 1.29 is 28.2 Å². The Kier molecular flexibility index (Phi) is 8.03. The van der Waals surface area contributed by atoms with Crippen LogP contribution in [0.5, 0.6) is 11.5 Å². The number of carbonyl (C=O) groups excluding carboxylic acids is 3. The van der Waals surface area contributed by atoms with Crippen LogP contribution < -0.4 is 31.4 Å². The molecular weight excluding hydrogens is 503 g/mol. The van der Waals surface area contributed by atoms with Gasteiger partial charge in [-0.25, -0.2) is 10.2 Å². The second kappa shape index (κ2) is 11.3. The minimum Gasteiger partial charge on any atom is -0.496 e. The van der Waals surface area contributed by atoms with Gasteiger partial charge in [0.25, 0.3) is 5.91 Å². The van der Waals surface area contributed by atoms with Crippen LogP contribution >= 0.6 is 0 Å². The molecule has 4 aliphatic rings. The van der Waals surface area contributed by atoms with Crippen molar-refractivity contribution in [3.8, 4) is 11.5 Å². The monoisotopic (exact) mass is 544 g/mol. The summed E-state index contributed by atoms with van der Waals surface area (Å²) in [6.45, 7) is 2.88. The molecule has 10 heteroatoms. The standard InChI is InChI=1S/C29H41FN4O5/c1-29(10-3-11-29)15-32-28(37)24-17-4-5-18(12-17)25(24)33-27(36)20-13-23(21(30)14-22(20)38-2)39-19-8-6-16(7-9-19)26(35)34-31/h13-14,16-19,24-25H,3-12,15,31H2,1-2H3,(H,32,37)(H,33,36)(H,34,35). The van der Waals surface area contributed by atoms with Gasteiger partial charge < -0.3 is 20.1 Å². The van der Waals surface area contributed by atoms with Crippen LogP contribution in [-0.2, 0) is 9.59 Å². The van der Waals surface area contributed by atoms with Crippen LogP contribution in [0.2, 0.25) is 0 Å². The summed E-state index contributed by atoms with van der Waals surface area (Å²) in [7, 11) is 1.39. The van der Waals surface area contributed by atoms with Crippen molar-refractivity contribution in [2.45, 2.75) is 83.3 Å². The summed E-state index contributed by atoms with van der Waals surface area (Å²) >= 11 is 0. The van der Waals surface area contributed by atoms with Crippen LogP contribution in [0.4, 0.5) is 4.39 Å². The Morgan fingerprint density at radius 3 is 2.38 bits per heavy atom. The number of nitrogens with one attached hydrogen (secondary N) is 3. The van der Waals surface area contributed by atoms with E-state index in [4.69, 9.17) is 15.3 Å². The highest BCUT2D eigenvalue weighted by Gasteiger charge is 2.51. The maximum atomic E-state index is 14.9. The van der Waals surface area contributed by atoms with E-state index in [1.807, 2.05) is 0 Å². The lowest BCUT2D eigenvalue weighted by Gasteiger charge is -2.39. The molecule has 1 aromatic rings. The molecule has 39 heavy (non-hydrogen) atoms. The van der Waals surface area contributed by atoms with Crippen molar-refractivity contribution in [2.75, 3.05) is 13.7 Å². The fraction of sp³-hybridized carbons (Fsp3) is 0.690. The molecule has 4 unspecified atom stereocenters. The molecule has 5 rings (SSSR count). The number of nitrogens with two attached hydrogens (primary N) is 1. The maximum Gasteiger partial charge on any atom is 0.255 e. The molecular formula is C29H41FN4O5. The third kappa shape index (κ3) is 5.71. The lowest BCUT2D eigenvalue weighted by atomic mass is 9.70. The van der Waals surface area contributed by atoms with Crippen molar-refractivity contribution in [3.05, 3.63) is 23.5 Å². The van der Waals surface area contributed by atoms with Gasteiger partial charge in [-0.15, -0.1) is 0 Å². The van der Waals surface area contributed by atoms with Crippen LogP contribution in [0, 0.1) is 34.9 Å². The number of hydrogen-bond donors (Lipinski definition) is 4. The zero-order valence-electron chi connectivity index (χ0n) is 22.9. The molecule has 214 valence electrons. The zero-order valence-corrected chi connectivity index (χ0v) is 22.9. The van der Waals surface area contributed by atoms with E-state index in [9.17, 15) is 18.8 Å². The highest BCUT2D eigenvalue weighted by molar-refractivity contribution is 5.98. The van der Waals surface area contributed by atoms with E-state index < -0.39 is 11.7 Å².